The highest BCUT2D eigenvalue weighted by atomic mass is 19.1. The van der Waals surface area contributed by atoms with Crippen molar-refractivity contribution in [3.05, 3.63) is 101 Å². The van der Waals surface area contributed by atoms with E-state index < -0.39 is 19.0 Å². The molecule has 3 aromatic rings. The number of rotatable bonds is 10. The summed E-state index contributed by atoms with van der Waals surface area (Å²) in [7, 11) is 0. The molecule has 0 aliphatic rings. The number of halogens is 1. The Hall–Kier alpha value is -3.22. The van der Waals surface area contributed by atoms with Gasteiger partial charge in [0.15, 0.2) is 6.61 Å². The third-order valence-electron chi connectivity index (χ3n) is 5.05. The minimum atomic E-state index is -0.585. The van der Waals surface area contributed by atoms with Crippen LogP contribution in [0.1, 0.15) is 34.6 Å². The number of nitrogens with one attached hydrogen (secondary N) is 1. The second kappa shape index (κ2) is 11.2. The van der Waals surface area contributed by atoms with Crippen LogP contribution in [0.15, 0.2) is 72.8 Å². The highest BCUT2D eigenvalue weighted by molar-refractivity contribution is 5.77. The topological polar surface area (TPSA) is 78.8 Å². The van der Waals surface area contributed by atoms with Gasteiger partial charge in [0.1, 0.15) is 11.6 Å². The summed E-state index contributed by atoms with van der Waals surface area (Å²) in [6.07, 6.45) is 0.708. The summed E-state index contributed by atoms with van der Waals surface area (Å²) in [4.78, 5) is 12.3. The first-order valence-corrected chi connectivity index (χ1v) is 10.1. The van der Waals surface area contributed by atoms with E-state index in [1.807, 2.05) is 36.4 Å². The van der Waals surface area contributed by atoms with Crippen molar-refractivity contribution < 1.29 is 24.1 Å². The minimum absolute atomic E-state index is 0.132. The highest BCUT2D eigenvalue weighted by Crippen LogP contribution is 2.28. The molecule has 3 rings (SSSR count). The number of ether oxygens (including phenoxy) is 1. The summed E-state index contributed by atoms with van der Waals surface area (Å²) in [6, 6.07) is 22.5. The van der Waals surface area contributed by atoms with E-state index in [1.54, 1.807) is 0 Å². The van der Waals surface area contributed by atoms with Gasteiger partial charge in [-0.15, -0.1) is 0 Å². The molecule has 0 atom stereocenters. The maximum absolute atomic E-state index is 13.5. The minimum Gasteiger partial charge on any atom is -0.483 e. The van der Waals surface area contributed by atoms with Crippen LogP contribution in [0.2, 0.25) is 0 Å². The number of hydrogen-bond acceptors (Lipinski definition) is 4. The fourth-order valence-corrected chi connectivity index (χ4v) is 3.57. The Morgan fingerprint density at radius 2 is 1.42 bits per heavy atom. The van der Waals surface area contributed by atoms with Crippen molar-refractivity contribution in [3.63, 3.8) is 0 Å². The van der Waals surface area contributed by atoms with Gasteiger partial charge in [-0.2, -0.15) is 0 Å². The quantitative estimate of drug-likeness (QED) is 0.466. The lowest BCUT2D eigenvalue weighted by Crippen LogP contribution is -2.31. The second-order valence-electron chi connectivity index (χ2n) is 7.17. The molecule has 162 valence electrons. The Balaban J connectivity index is 1.59. The average Bonchev–Trinajstić information content (AvgIpc) is 2.81. The Bertz CT molecular complexity index is 915. The van der Waals surface area contributed by atoms with Crippen LogP contribution in [-0.2, 0) is 18.0 Å². The molecule has 31 heavy (non-hydrogen) atoms. The lowest BCUT2D eigenvalue weighted by Gasteiger charge is -2.19. The van der Waals surface area contributed by atoms with Crippen LogP contribution in [0.4, 0.5) is 4.39 Å². The SMILES string of the molecule is O=C(COc1c(CO)cc(F)cc1CO)NCCC(c1ccccc1)c1ccccc1. The molecular formula is C25H26FNO4. The molecule has 0 aliphatic carbocycles. The van der Waals surface area contributed by atoms with E-state index in [9.17, 15) is 19.4 Å². The van der Waals surface area contributed by atoms with Crippen molar-refractivity contribution in [2.45, 2.75) is 25.6 Å². The zero-order valence-electron chi connectivity index (χ0n) is 17.1. The molecule has 6 heteroatoms. The third-order valence-corrected chi connectivity index (χ3v) is 5.05. The van der Waals surface area contributed by atoms with Crippen LogP contribution in [-0.4, -0.2) is 29.3 Å². The largest absolute Gasteiger partial charge is 0.483 e. The van der Waals surface area contributed by atoms with Crippen LogP contribution in [0.25, 0.3) is 0 Å². The Morgan fingerprint density at radius 3 is 1.90 bits per heavy atom. The molecule has 5 nitrogen and oxygen atoms in total. The molecule has 1 amide bonds. The Morgan fingerprint density at radius 1 is 0.903 bits per heavy atom. The van der Waals surface area contributed by atoms with E-state index in [0.29, 0.717) is 13.0 Å². The van der Waals surface area contributed by atoms with Gasteiger partial charge in [-0.3, -0.25) is 4.79 Å². The fourth-order valence-electron chi connectivity index (χ4n) is 3.57. The van der Waals surface area contributed by atoms with E-state index in [2.05, 4.69) is 29.6 Å². The summed E-state index contributed by atoms with van der Waals surface area (Å²) < 4.78 is 19.0. The van der Waals surface area contributed by atoms with Crippen molar-refractivity contribution in [2.24, 2.45) is 0 Å². The molecule has 0 saturated carbocycles. The number of aliphatic hydroxyl groups is 2. The first kappa shape index (κ1) is 22.5. The van der Waals surface area contributed by atoms with Gasteiger partial charge in [-0.05, 0) is 29.7 Å². The zero-order valence-corrected chi connectivity index (χ0v) is 17.1. The van der Waals surface area contributed by atoms with Gasteiger partial charge in [-0.1, -0.05) is 60.7 Å². The first-order valence-electron chi connectivity index (χ1n) is 10.1. The molecule has 0 heterocycles. The molecule has 0 bridgehead atoms. The summed E-state index contributed by atoms with van der Waals surface area (Å²) >= 11 is 0. The van der Waals surface area contributed by atoms with Crippen LogP contribution in [0.3, 0.4) is 0 Å². The predicted octanol–water partition coefficient (Wildman–Crippen LogP) is 3.53. The van der Waals surface area contributed by atoms with Gasteiger partial charge in [0.2, 0.25) is 0 Å². The first-order chi connectivity index (χ1) is 15.1. The number of benzene rings is 3. The van der Waals surface area contributed by atoms with Gasteiger partial charge in [0, 0.05) is 23.6 Å². The summed E-state index contributed by atoms with van der Waals surface area (Å²) in [5.74, 6) is -0.648. The molecule has 0 aliphatic heterocycles. The molecule has 0 unspecified atom stereocenters. The third kappa shape index (κ3) is 6.13. The van der Waals surface area contributed by atoms with E-state index >= 15 is 0 Å². The van der Waals surface area contributed by atoms with E-state index in [4.69, 9.17) is 4.74 Å². The van der Waals surface area contributed by atoms with E-state index in [1.165, 1.54) is 11.1 Å². The molecule has 3 aromatic carbocycles. The monoisotopic (exact) mass is 423 g/mol. The summed E-state index contributed by atoms with van der Waals surface area (Å²) in [5.41, 5.74) is 2.71. The van der Waals surface area contributed by atoms with Gasteiger partial charge < -0.3 is 20.3 Å². The summed E-state index contributed by atoms with van der Waals surface area (Å²) in [5, 5.41) is 21.7. The van der Waals surface area contributed by atoms with E-state index in [0.717, 1.165) is 12.1 Å². The van der Waals surface area contributed by atoms with Crippen LogP contribution in [0, 0.1) is 5.82 Å². The van der Waals surface area contributed by atoms with Crippen molar-refractivity contribution in [3.8, 4) is 5.75 Å². The van der Waals surface area contributed by atoms with Gasteiger partial charge in [0.25, 0.3) is 5.91 Å². The molecular weight excluding hydrogens is 397 g/mol. The standard InChI is InChI=1S/C25H26FNO4/c26-22-13-20(15-28)25(21(14-22)16-29)31-17-24(30)27-12-11-23(18-7-3-1-4-8-18)19-9-5-2-6-10-19/h1-10,13-14,23,28-29H,11-12,15-17H2,(H,27,30). The van der Waals surface area contributed by atoms with Crippen LogP contribution < -0.4 is 10.1 Å². The second-order valence-corrected chi connectivity index (χ2v) is 7.17. The molecule has 0 radical (unpaired) electrons. The Kier molecular flexibility index (Phi) is 8.15. The van der Waals surface area contributed by atoms with E-state index in [-0.39, 0.29) is 35.3 Å². The number of carbonyl (C=O) groups excluding carboxylic acids is 1. The number of aliphatic hydroxyl groups excluding tert-OH is 2. The normalized spacial score (nSPS) is 10.8. The molecule has 3 N–H and O–H groups in total. The number of carbonyl (C=O) groups is 1. The zero-order chi connectivity index (χ0) is 22.1. The maximum atomic E-state index is 13.5. The fraction of sp³-hybridized carbons (Fsp3) is 0.240. The lowest BCUT2D eigenvalue weighted by atomic mass is 9.88. The van der Waals surface area contributed by atoms with Crippen LogP contribution in [0.5, 0.6) is 5.75 Å². The number of hydrogen-bond donors (Lipinski definition) is 3. The highest BCUT2D eigenvalue weighted by Gasteiger charge is 2.16. The average molecular weight is 423 g/mol. The van der Waals surface area contributed by atoms with Crippen molar-refractivity contribution in [1.29, 1.82) is 0 Å². The lowest BCUT2D eigenvalue weighted by molar-refractivity contribution is -0.123. The molecule has 0 aromatic heterocycles. The number of amides is 1. The summed E-state index contributed by atoms with van der Waals surface area (Å²) in [6.45, 7) is -0.776. The van der Waals surface area contributed by atoms with Crippen molar-refractivity contribution >= 4 is 5.91 Å². The molecule has 0 spiro atoms. The van der Waals surface area contributed by atoms with Crippen molar-refractivity contribution in [1.82, 2.24) is 5.32 Å². The van der Waals surface area contributed by atoms with Gasteiger partial charge in [0.05, 0.1) is 13.2 Å². The van der Waals surface area contributed by atoms with Crippen LogP contribution >= 0.6 is 0 Å². The smallest absolute Gasteiger partial charge is 0.257 e. The molecule has 0 saturated heterocycles. The van der Waals surface area contributed by atoms with Gasteiger partial charge in [-0.25, -0.2) is 4.39 Å². The van der Waals surface area contributed by atoms with Crippen molar-refractivity contribution in [2.75, 3.05) is 13.2 Å². The molecule has 0 fully saturated rings. The Labute approximate surface area is 181 Å². The van der Waals surface area contributed by atoms with Gasteiger partial charge >= 0.3 is 0 Å². The maximum Gasteiger partial charge on any atom is 0.257 e. The predicted molar refractivity (Wildman–Crippen MR) is 116 cm³/mol.